The molecule has 0 radical (unpaired) electrons. The summed E-state index contributed by atoms with van der Waals surface area (Å²) in [6, 6.07) is 18.3. The summed E-state index contributed by atoms with van der Waals surface area (Å²) in [5.41, 5.74) is 1.81. The van der Waals surface area contributed by atoms with Crippen LogP contribution >= 0.6 is 0 Å². The lowest BCUT2D eigenvalue weighted by atomic mass is 10.0. The molecule has 6 nitrogen and oxygen atoms in total. The summed E-state index contributed by atoms with van der Waals surface area (Å²) in [7, 11) is 0. The lowest BCUT2D eigenvalue weighted by molar-refractivity contribution is -0.148. The molecule has 1 amide bonds. The lowest BCUT2D eigenvalue weighted by Gasteiger charge is -2.23. The van der Waals surface area contributed by atoms with Gasteiger partial charge >= 0.3 is 5.97 Å². The molecule has 28 heavy (non-hydrogen) atoms. The van der Waals surface area contributed by atoms with E-state index in [4.69, 9.17) is 4.74 Å². The number of nitrogens with zero attached hydrogens (tertiary/aromatic N) is 1. The summed E-state index contributed by atoms with van der Waals surface area (Å²) in [5.74, 6) is -1.15. The lowest BCUT2D eigenvalue weighted by Crippen LogP contribution is -2.46. The van der Waals surface area contributed by atoms with E-state index in [0.29, 0.717) is 11.1 Å². The molecule has 0 saturated carbocycles. The van der Waals surface area contributed by atoms with E-state index < -0.39 is 24.0 Å². The molecule has 2 atom stereocenters. The molecule has 2 unspecified atom stereocenters. The molecular weight excluding hydrogens is 356 g/mol. The maximum Gasteiger partial charge on any atom is 0.331 e. The van der Waals surface area contributed by atoms with Gasteiger partial charge in [-0.2, -0.15) is 0 Å². The van der Waals surface area contributed by atoms with Crippen molar-refractivity contribution in [1.29, 1.82) is 0 Å². The van der Waals surface area contributed by atoms with Crippen molar-refractivity contribution >= 4 is 11.9 Å². The first-order valence-electron chi connectivity index (χ1n) is 9.04. The number of ether oxygens (including phenoxy) is 1. The van der Waals surface area contributed by atoms with Gasteiger partial charge in [0.1, 0.15) is 6.10 Å². The molecule has 3 rings (SSSR count). The molecule has 6 heteroatoms. The van der Waals surface area contributed by atoms with Crippen LogP contribution in [-0.4, -0.2) is 34.2 Å². The molecule has 1 aromatic heterocycles. The smallest absolute Gasteiger partial charge is 0.331 e. The maximum atomic E-state index is 12.7. The minimum Gasteiger partial charge on any atom is -0.464 e. The number of amides is 1. The Kier molecular flexibility index (Phi) is 6.24. The molecule has 2 N–H and O–H groups in total. The average Bonchev–Trinajstić information content (AvgIpc) is 3.27. The van der Waals surface area contributed by atoms with Crippen LogP contribution in [0.15, 0.2) is 79.1 Å². The van der Waals surface area contributed by atoms with Crippen LogP contribution < -0.4 is 5.32 Å². The highest BCUT2D eigenvalue weighted by molar-refractivity contribution is 5.97. The largest absolute Gasteiger partial charge is 0.464 e. The summed E-state index contributed by atoms with van der Waals surface area (Å²) in [4.78, 5) is 25.0. The summed E-state index contributed by atoms with van der Waals surface area (Å²) < 4.78 is 6.95. The van der Waals surface area contributed by atoms with E-state index >= 15 is 0 Å². The van der Waals surface area contributed by atoms with Crippen molar-refractivity contribution < 1.29 is 19.4 Å². The van der Waals surface area contributed by atoms with E-state index in [-0.39, 0.29) is 6.61 Å². The second kappa shape index (κ2) is 9.01. The Labute approximate surface area is 163 Å². The fraction of sp³-hybridized carbons (Fsp3) is 0.182. The number of rotatable bonds is 7. The van der Waals surface area contributed by atoms with Crippen LogP contribution in [0.3, 0.4) is 0 Å². The summed E-state index contributed by atoms with van der Waals surface area (Å²) in [6.45, 7) is 1.82. The van der Waals surface area contributed by atoms with Gasteiger partial charge in [0.15, 0.2) is 6.04 Å². The van der Waals surface area contributed by atoms with Crippen molar-refractivity contribution in [3.8, 4) is 5.69 Å². The van der Waals surface area contributed by atoms with E-state index in [1.807, 2.05) is 41.2 Å². The molecule has 0 saturated heterocycles. The number of carbonyl (C=O) groups excluding carboxylic acids is 2. The minimum absolute atomic E-state index is 0.151. The van der Waals surface area contributed by atoms with Gasteiger partial charge < -0.3 is 19.7 Å². The first kappa shape index (κ1) is 19.4. The molecule has 0 aliphatic heterocycles. The molecule has 0 aliphatic carbocycles. The molecule has 0 bridgehead atoms. The maximum absolute atomic E-state index is 12.7. The SMILES string of the molecule is CCOC(=O)C(NC(=O)c1ccc(-n2cccc2)cc1)C(O)c1ccccc1. The Morgan fingerprint density at radius 1 is 1.00 bits per heavy atom. The van der Waals surface area contributed by atoms with Crippen molar-refractivity contribution in [3.63, 3.8) is 0 Å². The molecule has 0 aliphatic rings. The Bertz CT molecular complexity index is 905. The number of aliphatic hydroxyl groups excluding tert-OH is 1. The van der Waals surface area contributed by atoms with Gasteiger partial charge in [0.2, 0.25) is 0 Å². The summed E-state index contributed by atoms with van der Waals surface area (Å²) >= 11 is 0. The van der Waals surface area contributed by atoms with Crippen LogP contribution in [0.5, 0.6) is 0 Å². The minimum atomic E-state index is -1.22. The third kappa shape index (κ3) is 4.47. The highest BCUT2D eigenvalue weighted by Gasteiger charge is 2.31. The Balaban J connectivity index is 1.78. The van der Waals surface area contributed by atoms with Crippen LogP contribution in [0.4, 0.5) is 0 Å². The van der Waals surface area contributed by atoms with Crippen molar-refractivity contribution in [2.45, 2.75) is 19.1 Å². The number of hydrogen-bond acceptors (Lipinski definition) is 4. The fourth-order valence-electron chi connectivity index (χ4n) is 2.86. The number of esters is 1. The highest BCUT2D eigenvalue weighted by atomic mass is 16.5. The molecule has 3 aromatic rings. The van der Waals surface area contributed by atoms with E-state index in [2.05, 4.69) is 5.32 Å². The molecule has 0 fully saturated rings. The van der Waals surface area contributed by atoms with Gasteiger partial charge in [0.25, 0.3) is 5.91 Å². The van der Waals surface area contributed by atoms with Gasteiger partial charge in [-0.05, 0) is 48.9 Å². The first-order chi connectivity index (χ1) is 13.6. The summed E-state index contributed by atoms with van der Waals surface area (Å²) in [6.07, 6.45) is 2.59. The number of aromatic nitrogens is 1. The predicted molar refractivity (Wildman–Crippen MR) is 105 cm³/mol. The molecule has 1 heterocycles. The van der Waals surface area contributed by atoms with Gasteiger partial charge in [-0.3, -0.25) is 4.79 Å². The first-order valence-corrected chi connectivity index (χ1v) is 9.04. The molecule has 144 valence electrons. The van der Waals surface area contributed by atoms with Gasteiger partial charge in [-0.25, -0.2) is 4.79 Å². The monoisotopic (exact) mass is 378 g/mol. The van der Waals surface area contributed by atoms with Crippen molar-refractivity contribution in [1.82, 2.24) is 9.88 Å². The molecule has 0 spiro atoms. The standard InChI is InChI=1S/C22H22N2O4/c1-2-28-22(27)19(20(25)16-8-4-3-5-9-16)23-21(26)17-10-12-18(13-11-17)24-14-6-7-15-24/h3-15,19-20,25H,2H2,1H3,(H,23,26). The van der Waals surface area contributed by atoms with Crippen molar-refractivity contribution in [2.75, 3.05) is 6.61 Å². The zero-order chi connectivity index (χ0) is 19.9. The Hall–Kier alpha value is -3.38. The zero-order valence-corrected chi connectivity index (χ0v) is 15.5. The third-order valence-electron chi connectivity index (χ3n) is 4.32. The zero-order valence-electron chi connectivity index (χ0n) is 15.5. The van der Waals surface area contributed by atoms with Crippen LogP contribution in [0.2, 0.25) is 0 Å². The fourth-order valence-corrected chi connectivity index (χ4v) is 2.86. The Morgan fingerprint density at radius 2 is 1.64 bits per heavy atom. The van der Waals surface area contributed by atoms with Gasteiger partial charge in [0.05, 0.1) is 6.61 Å². The number of aliphatic hydroxyl groups is 1. The number of hydrogen-bond donors (Lipinski definition) is 2. The van der Waals surface area contributed by atoms with E-state index in [1.165, 1.54) is 0 Å². The molecular formula is C22H22N2O4. The normalized spacial score (nSPS) is 12.8. The van der Waals surface area contributed by atoms with E-state index in [1.54, 1.807) is 49.4 Å². The number of carbonyl (C=O) groups is 2. The Morgan fingerprint density at radius 3 is 2.25 bits per heavy atom. The third-order valence-corrected chi connectivity index (χ3v) is 4.32. The predicted octanol–water partition coefficient (Wildman–Crippen LogP) is 2.87. The second-order valence-electron chi connectivity index (χ2n) is 6.20. The van der Waals surface area contributed by atoms with Crippen molar-refractivity contribution in [3.05, 3.63) is 90.3 Å². The quantitative estimate of drug-likeness (QED) is 0.620. The van der Waals surface area contributed by atoms with Crippen LogP contribution in [0.25, 0.3) is 5.69 Å². The number of benzene rings is 2. The van der Waals surface area contributed by atoms with Crippen LogP contribution in [0, 0.1) is 0 Å². The van der Waals surface area contributed by atoms with Crippen LogP contribution in [-0.2, 0) is 9.53 Å². The molecule has 2 aromatic carbocycles. The van der Waals surface area contributed by atoms with E-state index in [0.717, 1.165) is 5.69 Å². The summed E-state index contributed by atoms with van der Waals surface area (Å²) in [5, 5.41) is 13.2. The average molecular weight is 378 g/mol. The number of nitrogens with one attached hydrogen (secondary N) is 1. The highest BCUT2D eigenvalue weighted by Crippen LogP contribution is 2.18. The van der Waals surface area contributed by atoms with Crippen molar-refractivity contribution in [2.24, 2.45) is 0 Å². The van der Waals surface area contributed by atoms with Crippen LogP contribution in [0.1, 0.15) is 28.9 Å². The van der Waals surface area contributed by atoms with Gasteiger partial charge in [-0.15, -0.1) is 0 Å². The van der Waals surface area contributed by atoms with Gasteiger partial charge in [-0.1, -0.05) is 30.3 Å². The topological polar surface area (TPSA) is 80.6 Å². The van der Waals surface area contributed by atoms with E-state index in [9.17, 15) is 14.7 Å². The second-order valence-corrected chi connectivity index (χ2v) is 6.20. The van der Waals surface area contributed by atoms with Gasteiger partial charge in [0, 0.05) is 23.6 Å².